The summed E-state index contributed by atoms with van der Waals surface area (Å²) in [5.74, 6) is 0.370. The van der Waals surface area contributed by atoms with Crippen molar-refractivity contribution in [3.63, 3.8) is 0 Å². The van der Waals surface area contributed by atoms with Gasteiger partial charge in [-0.1, -0.05) is 64.1 Å². The molecule has 0 N–H and O–H groups in total. The molecule has 0 bridgehead atoms. The molecule has 31 heavy (non-hydrogen) atoms. The molecule has 0 fully saturated rings. The van der Waals surface area contributed by atoms with Gasteiger partial charge in [-0.15, -0.1) is 0 Å². The topological polar surface area (TPSA) is 86.7 Å². The summed E-state index contributed by atoms with van der Waals surface area (Å²) < 4.78 is 61.7. The van der Waals surface area contributed by atoms with Crippen LogP contribution in [0.5, 0.6) is 0 Å². The zero-order chi connectivity index (χ0) is 23.1. The Hall–Kier alpha value is -1.74. The van der Waals surface area contributed by atoms with Gasteiger partial charge in [-0.25, -0.2) is 0 Å². The van der Waals surface area contributed by atoms with Gasteiger partial charge < -0.3 is 0 Å². The van der Waals surface area contributed by atoms with Crippen molar-refractivity contribution in [2.45, 2.75) is 50.3 Å². The maximum Gasteiger partial charge on any atom is 0.296 e. The Kier molecular flexibility index (Phi) is 8.83. The molecule has 0 aliphatic heterocycles. The minimum atomic E-state index is -3.98. The highest BCUT2D eigenvalue weighted by Crippen LogP contribution is 2.36. The van der Waals surface area contributed by atoms with Gasteiger partial charge in [0.15, 0.2) is 0 Å². The second-order valence-corrected chi connectivity index (χ2v) is 12.0. The monoisotopic (exact) mass is 468 g/mol. The molecule has 0 amide bonds. The minimum absolute atomic E-state index is 0.0656. The van der Waals surface area contributed by atoms with Crippen LogP contribution in [0.25, 0.3) is 0 Å². The Morgan fingerprint density at radius 3 is 1.26 bits per heavy atom. The highest BCUT2D eigenvalue weighted by atomic mass is 32.2. The number of rotatable bonds is 12. The first-order valence-electron chi connectivity index (χ1n) is 10.3. The molecule has 0 aliphatic rings. The molecule has 0 atom stereocenters. The first-order chi connectivity index (χ1) is 14.5. The van der Waals surface area contributed by atoms with E-state index in [0.717, 1.165) is 0 Å². The molecule has 2 rings (SSSR count). The highest BCUT2D eigenvalue weighted by molar-refractivity contribution is 7.87. The van der Waals surface area contributed by atoms with Gasteiger partial charge in [-0.3, -0.25) is 8.37 Å². The molecular formula is C23H32O6S2. The lowest BCUT2D eigenvalue weighted by Crippen LogP contribution is -2.37. The Morgan fingerprint density at radius 1 is 0.645 bits per heavy atom. The molecule has 0 aliphatic carbocycles. The van der Waals surface area contributed by atoms with E-state index in [1.807, 2.05) is 27.7 Å². The van der Waals surface area contributed by atoms with Gasteiger partial charge in [0, 0.05) is 5.41 Å². The van der Waals surface area contributed by atoms with Crippen LogP contribution in [0.4, 0.5) is 0 Å². The van der Waals surface area contributed by atoms with Crippen molar-refractivity contribution in [3.8, 4) is 0 Å². The quantitative estimate of drug-likeness (QED) is 0.413. The molecule has 0 saturated carbocycles. The summed E-state index contributed by atoms with van der Waals surface area (Å²) in [5.41, 5.74) is -0.786. The second kappa shape index (κ2) is 10.7. The molecule has 2 aromatic carbocycles. The second-order valence-electron chi connectivity index (χ2n) is 8.75. The molecule has 8 heteroatoms. The van der Waals surface area contributed by atoms with Crippen molar-refractivity contribution >= 4 is 20.2 Å². The molecular weight excluding hydrogens is 436 g/mol. The summed E-state index contributed by atoms with van der Waals surface area (Å²) in [7, 11) is -7.95. The van der Waals surface area contributed by atoms with Crippen LogP contribution in [0.2, 0.25) is 0 Å². The Labute approximate surface area is 186 Å². The third kappa shape index (κ3) is 7.71. The third-order valence-corrected chi connectivity index (χ3v) is 7.34. The fourth-order valence-electron chi connectivity index (χ4n) is 3.81. The van der Waals surface area contributed by atoms with Gasteiger partial charge >= 0.3 is 0 Å². The van der Waals surface area contributed by atoms with Gasteiger partial charge in [0.1, 0.15) is 0 Å². The Morgan fingerprint density at radius 2 is 0.968 bits per heavy atom. The van der Waals surface area contributed by atoms with Crippen LogP contribution in [-0.4, -0.2) is 30.0 Å². The molecule has 0 radical (unpaired) electrons. The molecule has 172 valence electrons. The van der Waals surface area contributed by atoms with E-state index < -0.39 is 25.7 Å². The first kappa shape index (κ1) is 25.5. The van der Waals surface area contributed by atoms with Crippen molar-refractivity contribution in [2.24, 2.45) is 17.3 Å². The van der Waals surface area contributed by atoms with Crippen molar-refractivity contribution in [2.75, 3.05) is 13.2 Å². The van der Waals surface area contributed by atoms with Crippen LogP contribution in [0.15, 0.2) is 70.5 Å². The lowest BCUT2D eigenvalue weighted by atomic mass is 9.75. The zero-order valence-electron chi connectivity index (χ0n) is 18.5. The highest BCUT2D eigenvalue weighted by Gasteiger charge is 2.37. The third-order valence-electron chi connectivity index (χ3n) is 4.79. The van der Waals surface area contributed by atoms with Gasteiger partial charge in [0.05, 0.1) is 23.0 Å². The predicted octanol–water partition coefficient (Wildman–Crippen LogP) is 4.88. The Bertz CT molecular complexity index is 929. The average molecular weight is 469 g/mol. The summed E-state index contributed by atoms with van der Waals surface area (Å²) in [6.45, 7) is 7.70. The summed E-state index contributed by atoms with van der Waals surface area (Å²) in [6, 6.07) is 15.8. The molecule has 6 nitrogen and oxygen atoms in total. The van der Waals surface area contributed by atoms with E-state index in [1.165, 1.54) is 24.3 Å². The van der Waals surface area contributed by atoms with Crippen LogP contribution in [-0.2, 0) is 28.6 Å². The molecule has 0 aromatic heterocycles. The van der Waals surface area contributed by atoms with E-state index in [2.05, 4.69) is 0 Å². The summed E-state index contributed by atoms with van der Waals surface area (Å²) in [6.07, 6.45) is 1.11. The fourth-order valence-corrected chi connectivity index (χ4v) is 5.87. The van der Waals surface area contributed by atoms with E-state index in [9.17, 15) is 16.8 Å². The number of benzene rings is 2. The van der Waals surface area contributed by atoms with Crippen LogP contribution in [0, 0.1) is 17.3 Å². The van der Waals surface area contributed by atoms with Crippen LogP contribution < -0.4 is 0 Å². The lowest BCUT2D eigenvalue weighted by Gasteiger charge is -2.35. The van der Waals surface area contributed by atoms with Crippen molar-refractivity contribution < 1.29 is 25.2 Å². The zero-order valence-corrected chi connectivity index (χ0v) is 20.2. The molecule has 0 unspecified atom stereocenters. The predicted molar refractivity (Wildman–Crippen MR) is 121 cm³/mol. The van der Waals surface area contributed by atoms with Gasteiger partial charge in [0.2, 0.25) is 0 Å². The van der Waals surface area contributed by atoms with E-state index in [-0.39, 0.29) is 34.8 Å². The summed E-state index contributed by atoms with van der Waals surface area (Å²) in [5, 5.41) is 0. The van der Waals surface area contributed by atoms with Crippen LogP contribution in [0.3, 0.4) is 0 Å². The maximum atomic E-state index is 12.7. The van der Waals surface area contributed by atoms with Crippen molar-refractivity contribution in [1.82, 2.24) is 0 Å². The van der Waals surface area contributed by atoms with Crippen LogP contribution in [0.1, 0.15) is 40.5 Å². The standard InChI is InChI=1S/C23H32O6S2/c1-19(2)15-23(16-20(3)4,17-28-30(24,25)21-11-7-5-8-12-21)18-29-31(26,27)22-13-9-6-10-14-22/h5-14,19-20H,15-18H2,1-4H3. The number of hydrogen-bond donors (Lipinski definition) is 0. The van der Waals surface area contributed by atoms with Gasteiger partial charge in [-0.05, 0) is 48.9 Å². The SMILES string of the molecule is CC(C)CC(COS(=O)(=O)c1ccccc1)(COS(=O)(=O)c1ccccc1)CC(C)C. The van der Waals surface area contributed by atoms with E-state index in [0.29, 0.717) is 12.8 Å². The molecule has 0 heterocycles. The van der Waals surface area contributed by atoms with E-state index in [4.69, 9.17) is 8.37 Å². The smallest absolute Gasteiger partial charge is 0.266 e. The van der Waals surface area contributed by atoms with Crippen LogP contribution >= 0.6 is 0 Å². The molecule has 0 saturated heterocycles. The fraction of sp³-hybridized carbons (Fsp3) is 0.478. The summed E-state index contributed by atoms with van der Waals surface area (Å²) in [4.78, 5) is 0.131. The maximum absolute atomic E-state index is 12.7. The van der Waals surface area contributed by atoms with E-state index >= 15 is 0 Å². The lowest BCUT2D eigenvalue weighted by molar-refractivity contribution is 0.0448. The largest absolute Gasteiger partial charge is 0.296 e. The normalized spacial score (nSPS) is 13.1. The molecule has 2 aromatic rings. The number of hydrogen-bond acceptors (Lipinski definition) is 6. The minimum Gasteiger partial charge on any atom is -0.266 e. The van der Waals surface area contributed by atoms with Gasteiger partial charge in [-0.2, -0.15) is 16.8 Å². The summed E-state index contributed by atoms with van der Waals surface area (Å²) >= 11 is 0. The van der Waals surface area contributed by atoms with Gasteiger partial charge in [0.25, 0.3) is 20.2 Å². The Balaban J connectivity index is 2.29. The average Bonchev–Trinajstić information content (AvgIpc) is 2.71. The van der Waals surface area contributed by atoms with E-state index in [1.54, 1.807) is 36.4 Å². The first-order valence-corrected chi connectivity index (χ1v) is 13.2. The van der Waals surface area contributed by atoms with Crippen molar-refractivity contribution in [1.29, 1.82) is 0 Å². The van der Waals surface area contributed by atoms with Crippen molar-refractivity contribution in [3.05, 3.63) is 60.7 Å². The molecule has 0 spiro atoms.